The molecular weight excluding hydrogens is 514 g/mol. The van der Waals surface area contributed by atoms with Crippen LogP contribution in [0, 0.1) is 13.8 Å². The van der Waals surface area contributed by atoms with Crippen molar-refractivity contribution in [1.82, 2.24) is 0 Å². The lowest BCUT2D eigenvalue weighted by atomic mass is 9.85. The van der Waals surface area contributed by atoms with Crippen LogP contribution in [-0.4, -0.2) is 29.9 Å². The molecule has 0 aromatic heterocycles. The Morgan fingerprint density at radius 1 is 0.927 bits per heavy atom. The van der Waals surface area contributed by atoms with E-state index in [1.54, 1.807) is 21.0 Å². The van der Waals surface area contributed by atoms with E-state index in [9.17, 15) is 9.90 Å². The Labute approximate surface area is 242 Å². The Hall–Kier alpha value is -4.03. The molecule has 1 aliphatic rings. The maximum atomic E-state index is 10.9. The number of benzene rings is 4. The number of aliphatic hydroxyl groups excluding tert-OH is 1. The quantitative estimate of drug-likeness (QED) is 0.212. The minimum Gasteiger partial charge on any atom is -0.497 e. The first-order valence-electron chi connectivity index (χ1n) is 14.1. The summed E-state index contributed by atoms with van der Waals surface area (Å²) in [6, 6.07) is 20.2. The zero-order chi connectivity index (χ0) is 30.0. The van der Waals surface area contributed by atoms with Gasteiger partial charge in [-0.15, -0.1) is 0 Å². The molecule has 0 fully saturated rings. The van der Waals surface area contributed by atoms with Gasteiger partial charge in [0.15, 0.2) is 0 Å². The molecular formula is C35H41NO5. The van der Waals surface area contributed by atoms with Crippen molar-refractivity contribution in [2.24, 2.45) is 0 Å². The highest BCUT2D eigenvalue weighted by atomic mass is 16.5. The van der Waals surface area contributed by atoms with Crippen LogP contribution in [-0.2, 0) is 4.79 Å². The number of nitrogens with two attached hydrogens (primary N) is 1. The average molecular weight is 556 g/mol. The van der Waals surface area contributed by atoms with Crippen LogP contribution >= 0.6 is 0 Å². The molecule has 0 radical (unpaired) electrons. The van der Waals surface area contributed by atoms with Crippen molar-refractivity contribution in [3.8, 4) is 11.5 Å². The van der Waals surface area contributed by atoms with Crippen molar-refractivity contribution in [3.05, 3.63) is 99.6 Å². The normalized spacial score (nSPS) is 15.5. The molecule has 6 heteroatoms. The van der Waals surface area contributed by atoms with Crippen molar-refractivity contribution >= 4 is 22.4 Å². The Morgan fingerprint density at radius 3 is 2.12 bits per heavy atom. The minimum absolute atomic E-state index is 0.168. The zero-order valence-electron chi connectivity index (χ0n) is 25.0. The van der Waals surface area contributed by atoms with E-state index in [-0.39, 0.29) is 5.92 Å². The highest BCUT2D eigenvalue weighted by Gasteiger charge is 2.33. The molecule has 0 saturated heterocycles. The smallest absolute Gasteiger partial charge is 0.310 e. The molecule has 4 aromatic rings. The van der Waals surface area contributed by atoms with Gasteiger partial charge in [-0.05, 0) is 84.3 Å². The summed E-state index contributed by atoms with van der Waals surface area (Å²) in [4.78, 5) is 10.9. The molecule has 0 bridgehead atoms. The van der Waals surface area contributed by atoms with Gasteiger partial charge in [0, 0.05) is 22.7 Å². The fourth-order valence-corrected chi connectivity index (χ4v) is 5.54. The number of carboxylic acid groups (broad SMARTS) is 1. The monoisotopic (exact) mass is 555 g/mol. The van der Waals surface area contributed by atoms with Crippen LogP contribution in [0.4, 0.5) is 5.69 Å². The summed E-state index contributed by atoms with van der Waals surface area (Å²) < 4.78 is 11.2. The number of rotatable bonds is 6. The molecule has 4 N–H and O–H groups in total. The van der Waals surface area contributed by atoms with Crippen LogP contribution in [0.2, 0.25) is 0 Å². The van der Waals surface area contributed by atoms with Gasteiger partial charge in [0.2, 0.25) is 0 Å². The summed E-state index contributed by atoms with van der Waals surface area (Å²) in [6.07, 6.45) is -0.594. The second-order valence-corrected chi connectivity index (χ2v) is 11.2. The molecule has 0 saturated carbocycles. The van der Waals surface area contributed by atoms with Crippen LogP contribution in [0.1, 0.15) is 90.5 Å². The largest absolute Gasteiger partial charge is 0.497 e. The van der Waals surface area contributed by atoms with E-state index in [0.29, 0.717) is 12.5 Å². The van der Waals surface area contributed by atoms with Crippen molar-refractivity contribution < 1.29 is 24.5 Å². The lowest BCUT2D eigenvalue weighted by Gasteiger charge is -2.20. The molecule has 0 unspecified atom stereocenters. The third-order valence-electron chi connectivity index (χ3n) is 8.21. The van der Waals surface area contributed by atoms with Crippen molar-refractivity contribution in [3.63, 3.8) is 0 Å². The maximum absolute atomic E-state index is 10.9. The van der Waals surface area contributed by atoms with Gasteiger partial charge in [0.05, 0.1) is 25.7 Å². The second kappa shape index (κ2) is 12.2. The lowest BCUT2D eigenvalue weighted by Crippen LogP contribution is -2.07. The summed E-state index contributed by atoms with van der Waals surface area (Å²) in [5.74, 6) is 1.03. The van der Waals surface area contributed by atoms with Crippen molar-refractivity contribution in [1.29, 1.82) is 0 Å². The number of nitrogen functional groups attached to an aromatic ring is 1. The number of carbonyl (C=O) groups is 1. The standard InChI is InChI=1S/C21H27NO2.C14H14O3/c1-11(2)15-6-8-16(9-7-15)17-10-24-21-18(14(5)23)12(3)20(22)13(4)19(17)21;1-9(14(15)16)10-3-4-12-8-13(17-2)6-5-11(12)7-10/h6-9,11,14,17,23H,10,22H2,1-5H3;3-9H,1-2H3,(H,15,16)/t14-,17-;9-/m10/s1. The Balaban J connectivity index is 0.000000201. The van der Waals surface area contributed by atoms with E-state index in [1.807, 2.05) is 43.3 Å². The van der Waals surface area contributed by atoms with E-state index < -0.39 is 18.0 Å². The Morgan fingerprint density at radius 2 is 1.54 bits per heavy atom. The number of fused-ring (bicyclic) bond motifs is 2. The summed E-state index contributed by atoms with van der Waals surface area (Å²) in [5.41, 5.74) is 14.4. The number of hydrogen-bond acceptors (Lipinski definition) is 5. The topological polar surface area (TPSA) is 102 Å². The molecule has 1 heterocycles. The van der Waals surface area contributed by atoms with E-state index in [2.05, 4.69) is 45.0 Å². The fraction of sp³-hybridized carbons (Fsp3) is 0.343. The molecule has 216 valence electrons. The predicted molar refractivity (Wildman–Crippen MR) is 165 cm³/mol. The van der Waals surface area contributed by atoms with Crippen LogP contribution in [0.15, 0.2) is 60.7 Å². The number of hydrogen-bond donors (Lipinski definition) is 3. The van der Waals surface area contributed by atoms with Gasteiger partial charge in [0.1, 0.15) is 11.5 Å². The van der Waals surface area contributed by atoms with Crippen LogP contribution < -0.4 is 15.2 Å². The fourth-order valence-electron chi connectivity index (χ4n) is 5.54. The molecule has 5 rings (SSSR count). The van der Waals surface area contributed by atoms with Crippen LogP contribution in [0.3, 0.4) is 0 Å². The molecule has 0 amide bonds. The summed E-state index contributed by atoms with van der Waals surface area (Å²) in [5, 5.41) is 21.2. The lowest BCUT2D eigenvalue weighted by molar-refractivity contribution is -0.138. The Bertz CT molecular complexity index is 1560. The van der Waals surface area contributed by atoms with Gasteiger partial charge < -0.3 is 25.4 Å². The van der Waals surface area contributed by atoms with E-state index >= 15 is 0 Å². The van der Waals surface area contributed by atoms with E-state index in [1.165, 1.54) is 11.1 Å². The molecule has 41 heavy (non-hydrogen) atoms. The first-order valence-corrected chi connectivity index (χ1v) is 14.1. The first-order chi connectivity index (χ1) is 19.4. The molecule has 0 aliphatic carbocycles. The third kappa shape index (κ3) is 6.03. The summed E-state index contributed by atoms with van der Waals surface area (Å²) in [6.45, 7) is 12.5. The number of anilines is 1. The van der Waals surface area contributed by atoms with E-state index in [0.717, 1.165) is 55.8 Å². The second-order valence-electron chi connectivity index (χ2n) is 11.2. The van der Waals surface area contributed by atoms with Gasteiger partial charge in [-0.3, -0.25) is 4.79 Å². The van der Waals surface area contributed by atoms with Crippen LogP contribution in [0.5, 0.6) is 11.5 Å². The van der Waals surface area contributed by atoms with Crippen LogP contribution in [0.25, 0.3) is 10.8 Å². The molecule has 1 aliphatic heterocycles. The average Bonchev–Trinajstić information content (AvgIpc) is 3.40. The molecule has 4 aromatic carbocycles. The number of ether oxygens (including phenoxy) is 2. The minimum atomic E-state index is -0.808. The highest BCUT2D eigenvalue weighted by Crippen LogP contribution is 2.48. The number of methoxy groups -OCH3 is 1. The summed E-state index contributed by atoms with van der Waals surface area (Å²) >= 11 is 0. The SMILES string of the molecule is COc1ccc2cc([C@H](C)C(=O)O)ccc2c1.Cc1c(N)c(C)c([C@@H](C)O)c2c1[C@@H](c1ccc(C(C)C)cc1)CO2. The highest BCUT2D eigenvalue weighted by molar-refractivity contribution is 5.86. The number of aliphatic carboxylic acids is 1. The number of aliphatic hydroxyl groups is 1. The van der Waals surface area contributed by atoms with Crippen molar-refractivity contribution in [2.45, 2.75) is 65.4 Å². The number of carboxylic acids is 1. The predicted octanol–water partition coefficient (Wildman–Crippen LogP) is 7.62. The van der Waals surface area contributed by atoms with Gasteiger partial charge in [0.25, 0.3) is 0 Å². The molecule has 6 nitrogen and oxygen atoms in total. The zero-order valence-corrected chi connectivity index (χ0v) is 25.0. The third-order valence-corrected chi connectivity index (χ3v) is 8.21. The van der Waals surface area contributed by atoms with E-state index in [4.69, 9.17) is 20.3 Å². The first kappa shape index (κ1) is 29.9. The van der Waals surface area contributed by atoms with Crippen molar-refractivity contribution in [2.75, 3.05) is 19.5 Å². The van der Waals surface area contributed by atoms with Gasteiger partial charge in [-0.1, -0.05) is 62.4 Å². The summed E-state index contributed by atoms with van der Waals surface area (Å²) in [7, 11) is 1.63. The van der Waals surface area contributed by atoms with Gasteiger partial charge in [-0.2, -0.15) is 0 Å². The Kier molecular flexibility index (Phi) is 8.93. The van der Waals surface area contributed by atoms with Gasteiger partial charge >= 0.3 is 5.97 Å². The molecule has 0 spiro atoms. The van der Waals surface area contributed by atoms with Gasteiger partial charge in [-0.25, -0.2) is 0 Å². The maximum Gasteiger partial charge on any atom is 0.310 e. The molecule has 3 atom stereocenters.